The average Bonchev–Trinajstić information content (AvgIpc) is 3.51. The second kappa shape index (κ2) is 12.7. The molecule has 1 heterocycles. The first-order valence-corrected chi connectivity index (χ1v) is 19.1. The fourth-order valence-electron chi connectivity index (χ4n) is 13.2. The molecule has 0 spiro atoms. The summed E-state index contributed by atoms with van der Waals surface area (Å²) in [6, 6.07) is 12.1. The first-order chi connectivity index (χ1) is 23.0. The second-order valence-corrected chi connectivity index (χ2v) is 17.8. The molecular formula is C42H59N5O. The van der Waals surface area contributed by atoms with Gasteiger partial charge in [0, 0.05) is 17.3 Å². The van der Waals surface area contributed by atoms with Gasteiger partial charge < -0.3 is 11.2 Å². The molecule has 1 amide bonds. The third-order valence-electron chi connectivity index (χ3n) is 15.3. The molecule has 0 bridgehead atoms. The first kappa shape index (κ1) is 33.5. The summed E-state index contributed by atoms with van der Waals surface area (Å²) < 4.78 is 0. The van der Waals surface area contributed by atoms with E-state index < -0.39 is 0 Å². The normalized spacial score (nSPS) is 36.8. The van der Waals surface area contributed by atoms with Crippen molar-refractivity contribution in [2.75, 3.05) is 0 Å². The molecule has 1 aromatic carbocycles. The van der Waals surface area contributed by atoms with Crippen molar-refractivity contribution in [2.45, 2.75) is 124 Å². The van der Waals surface area contributed by atoms with Gasteiger partial charge in [0.2, 0.25) is 0 Å². The number of benzene rings is 1. The number of aromatic nitrogens is 1. The van der Waals surface area contributed by atoms with E-state index in [-0.39, 0.29) is 5.91 Å². The number of carbonyl (C=O) groups excluding carboxylic acids is 1. The van der Waals surface area contributed by atoms with Crippen LogP contribution in [-0.2, 0) is 13.0 Å². The maximum atomic E-state index is 13.2. The van der Waals surface area contributed by atoms with E-state index in [9.17, 15) is 4.79 Å². The van der Waals surface area contributed by atoms with E-state index in [4.69, 9.17) is 5.84 Å². The molecule has 6 heteroatoms. The van der Waals surface area contributed by atoms with Crippen molar-refractivity contribution in [3.05, 3.63) is 71.6 Å². The Morgan fingerprint density at radius 3 is 2.54 bits per heavy atom. The molecule has 7 rings (SSSR count). The van der Waals surface area contributed by atoms with Gasteiger partial charge in [-0.3, -0.25) is 9.78 Å². The number of amides is 1. The quantitative estimate of drug-likeness (QED) is 0.169. The fourth-order valence-corrected chi connectivity index (χ4v) is 13.2. The van der Waals surface area contributed by atoms with E-state index in [2.05, 4.69) is 73.1 Å². The van der Waals surface area contributed by atoms with E-state index in [1.165, 1.54) is 89.0 Å². The van der Waals surface area contributed by atoms with Crippen LogP contribution < -0.4 is 11.2 Å². The van der Waals surface area contributed by atoms with E-state index in [0.29, 0.717) is 33.9 Å². The highest BCUT2D eigenvalue weighted by Crippen LogP contribution is 2.73. The number of carbonyl (C=O) groups is 1. The molecule has 5 saturated carbocycles. The van der Waals surface area contributed by atoms with Crippen molar-refractivity contribution < 1.29 is 4.79 Å². The number of aryl methyl sites for hydroxylation is 1. The lowest BCUT2D eigenvalue weighted by Crippen LogP contribution is -2.61. The minimum atomic E-state index is -0.0590. The Balaban J connectivity index is 0.994. The number of hydrogen-bond donors (Lipinski definition) is 2. The maximum absolute atomic E-state index is 13.2. The molecule has 5 aliphatic carbocycles. The molecule has 8 unspecified atom stereocenters. The van der Waals surface area contributed by atoms with Crippen molar-refractivity contribution in [3.8, 4) is 0 Å². The molecule has 2 aromatic rings. The minimum Gasteiger partial charge on any atom is -0.346 e. The highest BCUT2D eigenvalue weighted by molar-refractivity contribution is 5.94. The fraction of sp³-hybridized carbons (Fsp3) is 0.667. The number of nitrogens with two attached hydrogens (primary N) is 1. The predicted molar refractivity (Wildman–Crippen MR) is 194 cm³/mol. The van der Waals surface area contributed by atoms with Gasteiger partial charge in [0.05, 0.1) is 17.9 Å². The standard InChI is InChI=1S/C42H59N5O/c1-28(46-47-43)31-12-13-32(44-26-31)27-45-38(48)30-10-6-9-29(25-30)16-23-42-21-7-11-35(42)33-14-15-37-40(4,34(33)17-24-42)22-18-36-39(2,3)19-8-20-41(36,37)5/h6,9-10,12-13,25-26,33-37H,1,7-8,11,14-24,27H2,2-5H3,(H2,43,46)(H,45,48). The molecule has 0 saturated heterocycles. The summed E-state index contributed by atoms with van der Waals surface area (Å²) in [7, 11) is 0. The highest BCUT2D eigenvalue weighted by Gasteiger charge is 2.65. The predicted octanol–water partition coefficient (Wildman–Crippen LogP) is 10.1. The zero-order valence-electron chi connectivity index (χ0n) is 30.1. The average molecular weight is 650 g/mol. The number of hydrogen-bond acceptors (Lipinski definition) is 4. The van der Waals surface area contributed by atoms with Gasteiger partial charge in [0.1, 0.15) is 0 Å². The Morgan fingerprint density at radius 2 is 1.75 bits per heavy atom. The molecule has 48 heavy (non-hydrogen) atoms. The second-order valence-electron chi connectivity index (χ2n) is 17.8. The minimum absolute atomic E-state index is 0.0590. The summed E-state index contributed by atoms with van der Waals surface area (Å²) in [6.07, 6.45) is 21.3. The van der Waals surface area contributed by atoms with Crippen LogP contribution in [0.5, 0.6) is 0 Å². The van der Waals surface area contributed by atoms with Crippen molar-refractivity contribution in [3.63, 3.8) is 0 Å². The maximum Gasteiger partial charge on any atom is 0.251 e. The summed E-state index contributed by atoms with van der Waals surface area (Å²) in [5.74, 6) is 9.62. The lowest BCUT2D eigenvalue weighted by molar-refractivity contribution is -0.195. The van der Waals surface area contributed by atoms with E-state index >= 15 is 0 Å². The largest absolute Gasteiger partial charge is 0.346 e. The zero-order chi connectivity index (χ0) is 33.7. The molecule has 3 N–H and O–H groups in total. The number of pyridine rings is 1. The summed E-state index contributed by atoms with van der Waals surface area (Å²) in [4.78, 5) is 17.6. The molecular weight excluding hydrogens is 590 g/mol. The van der Waals surface area contributed by atoms with E-state index in [1.54, 1.807) is 6.20 Å². The van der Waals surface area contributed by atoms with E-state index in [0.717, 1.165) is 52.8 Å². The summed E-state index contributed by atoms with van der Waals surface area (Å²) in [6.45, 7) is 14.9. The first-order valence-electron chi connectivity index (χ1n) is 19.1. The lowest BCUT2D eigenvalue weighted by Gasteiger charge is -2.68. The van der Waals surface area contributed by atoms with Crippen LogP contribution in [-0.4, -0.2) is 10.9 Å². The number of fused-ring (bicyclic) bond motifs is 7. The number of nitrogens with one attached hydrogen (secondary N) is 1. The molecule has 5 aliphatic rings. The Kier molecular flexibility index (Phi) is 8.86. The number of nitrogens with zero attached hydrogens (tertiary/aromatic N) is 3. The number of rotatable bonds is 8. The van der Waals surface area contributed by atoms with Gasteiger partial charge in [0.15, 0.2) is 0 Å². The molecule has 5 fully saturated rings. The highest BCUT2D eigenvalue weighted by atomic mass is 16.1. The summed E-state index contributed by atoms with van der Waals surface area (Å²) >= 11 is 0. The third-order valence-corrected chi connectivity index (χ3v) is 15.3. The van der Waals surface area contributed by atoms with Gasteiger partial charge in [-0.05, 0) is 158 Å². The van der Waals surface area contributed by atoms with Gasteiger partial charge in [-0.15, -0.1) is 5.11 Å². The van der Waals surface area contributed by atoms with Crippen molar-refractivity contribution in [1.29, 1.82) is 0 Å². The zero-order valence-corrected chi connectivity index (χ0v) is 30.1. The van der Waals surface area contributed by atoms with Gasteiger partial charge in [-0.1, -0.05) is 64.5 Å². The van der Waals surface area contributed by atoms with Crippen LogP contribution in [0.2, 0.25) is 0 Å². The molecule has 6 nitrogen and oxygen atoms in total. The summed E-state index contributed by atoms with van der Waals surface area (Å²) in [5, 5.41) is 10.1. The SMILES string of the molecule is C=C(N=NN)c1ccc(CNC(=O)c2cccc(CCC34CCCC3C3CCC5C(C)(CCC6C(C)(C)CCCC65C)C3CC4)c2)nc1. The Hall–Kier alpha value is -3.02. The van der Waals surface area contributed by atoms with Gasteiger partial charge in [0.25, 0.3) is 5.91 Å². The molecule has 1 aromatic heterocycles. The Bertz CT molecular complexity index is 1550. The van der Waals surface area contributed by atoms with Crippen LogP contribution in [0.3, 0.4) is 0 Å². The Labute approximate surface area is 289 Å². The topological polar surface area (TPSA) is 92.7 Å². The lowest BCUT2D eigenvalue weighted by atomic mass is 9.36. The Morgan fingerprint density at radius 1 is 0.896 bits per heavy atom. The van der Waals surface area contributed by atoms with Gasteiger partial charge in [-0.25, -0.2) is 0 Å². The molecule has 0 radical (unpaired) electrons. The van der Waals surface area contributed by atoms with E-state index in [1.807, 2.05) is 18.2 Å². The van der Waals surface area contributed by atoms with Crippen LogP contribution in [0.4, 0.5) is 0 Å². The van der Waals surface area contributed by atoms with Crippen LogP contribution in [0.25, 0.3) is 5.70 Å². The summed E-state index contributed by atoms with van der Waals surface area (Å²) in [5.41, 5.74) is 6.06. The third kappa shape index (κ3) is 5.73. The van der Waals surface area contributed by atoms with Crippen molar-refractivity contribution in [1.82, 2.24) is 10.3 Å². The van der Waals surface area contributed by atoms with Crippen LogP contribution >= 0.6 is 0 Å². The van der Waals surface area contributed by atoms with Crippen LogP contribution in [0.1, 0.15) is 138 Å². The van der Waals surface area contributed by atoms with Gasteiger partial charge in [-0.2, -0.15) is 0 Å². The molecule has 258 valence electrons. The monoisotopic (exact) mass is 649 g/mol. The van der Waals surface area contributed by atoms with Crippen LogP contribution in [0, 0.1) is 51.2 Å². The molecule has 0 aliphatic heterocycles. The smallest absolute Gasteiger partial charge is 0.251 e. The van der Waals surface area contributed by atoms with Crippen LogP contribution in [0.15, 0.2) is 59.5 Å². The van der Waals surface area contributed by atoms with Crippen molar-refractivity contribution in [2.24, 2.45) is 67.4 Å². The van der Waals surface area contributed by atoms with Crippen molar-refractivity contribution >= 4 is 11.6 Å². The molecule has 8 atom stereocenters. The van der Waals surface area contributed by atoms with Gasteiger partial charge >= 0.3 is 0 Å².